The van der Waals surface area contributed by atoms with E-state index in [2.05, 4.69) is 41.5 Å². The molecule has 2 aliphatic heterocycles. The summed E-state index contributed by atoms with van der Waals surface area (Å²) in [6, 6.07) is 0. The second kappa shape index (κ2) is 7.68. The van der Waals surface area contributed by atoms with Crippen molar-refractivity contribution < 1.29 is 28.5 Å². The Hall–Kier alpha value is -1.14. The van der Waals surface area contributed by atoms with Gasteiger partial charge in [-0.25, -0.2) is 0 Å². The highest BCUT2D eigenvalue weighted by Crippen LogP contribution is 2.67. The van der Waals surface area contributed by atoms with Gasteiger partial charge in [-0.1, -0.05) is 41.5 Å². The van der Waals surface area contributed by atoms with Gasteiger partial charge in [-0.2, -0.15) is 0 Å². The van der Waals surface area contributed by atoms with Crippen LogP contribution in [0.2, 0.25) is 0 Å². The minimum Gasteiger partial charge on any atom is -0.432 e. The molecule has 6 heteroatoms. The van der Waals surface area contributed by atoms with Crippen LogP contribution in [-0.4, -0.2) is 34.7 Å². The van der Waals surface area contributed by atoms with Crippen molar-refractivity contribution in [1.82, 2.24) is 0 Å². The highest BCUT2D eigenvalue weighted by atomic mass is 16.8. The lowest BCUT2D eigenvalue weighted by Crippen LogP contribution is -2.86. The van der Waals surface area contributed by atoms with Crippen molar-refractivity contribution >= 4 is 11.9 Å². The summed E-state index contributed by atoms with van der Waals surface area (Å²) in [6.45, 7) is 16.9. The fourth-order valence-electron chi connectivity index (χ4n) is 8.79. The largest absolute Gasteiger partial charge is 0.432 e. The van der Waals surface area contributed by atoms with Crippen LogP contribution in [0.4, 0.5) is 0 Å². The number of rotatable bonds is 2. The molecule has 5 rings (SSSR count). The monoisotopic (exact) mass is 476 g/mol. The topological polar surface area (TPSA) is 71.1 Å². The van der Waals surface area contributed by atoms with Crippen LogP contribution >= 0.6 is 0 Å². The number of hydrogen-bond donors (Lipinski definition) is 0. The van der Waals surface area contributed by atoms with Gasteiger partial charge in [-0.05, 0) is 63.2 Å². The summed E-state index contributed by atoms with van der Waals surface area (Å²) in [6.07, 6.45) is 5.42. The zero-order valence-corrected chi connectivity index (χ0v) is 22.3. The first kappa shape index (κ1) is 24.5. The number of hydrogen-bond acceptors (Lipinski definition) is 6. The third-order valence-electron chi connectivity index (χ3n) is 10.0. The molecule has 192 valence electrons. The van der Waals surface area contributed by atoms with E-state index in [1.807, 2.05) is 13.8 Å². The summed E-state index contributed by atoms with van der Waals surface area (Å²) < 4.78 is 26.3. The van der Waals surface area contributed by atoms with E-state index in [0.29, 0.717) is 36.5 Å². The average molecular weight is 477 g/mol. The molecule has 5 aliphatic rings. The Morgan fingerprint density at radius 1 is 0.676 bits per heavy atom. The molecule has 2 saturated heterocycles. The molecule has 3 saturated carbocycles. The molecule has 0 aromatic carbocycles. The van der Waals surface area contributed by atoms with Crippen LogP contribution in [0.15, 0.2) is 0 Å². The quantitative estimate of drug-likeness (QED) is 0.492. The van der Waals surface area contributed by atoms with Crippen LogP contribution in [0.3, 0.4) is 0 Å². The zero-order chi connectivity index (χ0) is 24.8. The summed E-state index contributed by atoms with van der Waals surface area (Å²) in [4.78, 5) is 27.6. The third kappa shape index (κ3) is 3.19. The van der Waals surface area contributed by atoms with Gasteiger partial charge in [0.15, 0.2) is 0 Å². The molecule has 3 aliphatic carbocycles. The molecule has 6 atom stereocenters. The van der Waals surface area contributed by atoms with Crippen molar-refractivity contribution in [1.29, 1.82) is 0 Å². The van der Waals surface area contributed by atoms with Crippen LogP contribution in [0.25, 0.3) is 0 Å². The molecule has 0 N–H and O–H groups in total. The normalized spacial score (nSPS) is 52.8. The Balaban J connectivity index is 1.51. The molecule has 0 amide bonds. The van der Waals surface area contributed by atoms with Gasteiger partial charge in [0.05, 0.1) is 0 Å². The summed E-state index contributed by atoms with van der Waals surface area (Å²) in [5.74, 6) is -2.20. The van der Waals surface area contributed by atoms with Crippen molar-refractivity contribution in [2.24, 2.45) is 47.3 Å². The predicted molar refractivity (Wildman–Crippen MR) is 126 cm³/mol. The second-order valence-corrected chi connectivity index (χ2v) is 13.4. The van der Waals surface area contributed by atoms with Crippen molar-refractivity contribution in [3.63, 3.8) is 0 Å². The number of carbonyl (C=O) groups excluding carboxylic acids is 2. The summed E-state index contributed by atoms with van der Waals surface area (Å²) in [5, 5.41) is 0. The number of ether oxygens (including phenoxy) is 4. The van der Waals surface area contributed by atoms with Crippen molar-refractivity contribution in [2.75, 3.05) is 0 Å². The molecule has 0 bridgehead atoms. The number of esters is 2. The minimum absolute atomic E-state index is 0.105. The Bertz CT molecular complexity index is 787. The van der Waals surface area contributed by atoms with Gasteiger partial charge in [0.25, 0.3) is 0 Å². The molecule has 2 spiro atoms. The van der Waals surface area contributed by atoms with Gasteiger partial charge in [0.1, 0.15) is 23.0 Å². The van der Waals surface area contributed by atoms with Crippen molar-refractivity contribution in [2.45, 2.75) is 117 Å². The maximum absolute atomic E-state index is 13.8. The molecule has 0 radical (unpaired) electrons. The Morgan fingerprint density at radius 2 is 1.03 bits per heavy atom. The maximum atomic E-state index is 13.8. The van der Waals surface area contributed by atoms with E-state index in [1.165, 1.54) is 0 Å². The molecule has 0 aromatic rings. The Kier molecular flexibility index (Phi) is 5.54. The van der Waals surface area contributed by atoms with E-state index in [-0.39, 0.29) is 23.8 Å². The molecular weight excluding hydrogens is 432 g/mol. The Morgan fingerprint density at radius 3 is 1.35 bits per heavy atom. The highest BCUT2D eigenvalue weighted by Gasteiger charge is 2.83. The van der Waals surface area contributed by atoms with Gasteiger partial charge in [-0.15, -0.1) is 0 Å². The zero-order valence-electron chi connectivity index (χ0n) is 22.3. The van der Waals surface area contributed by atoms with Crippen molar-refractivity contribution in [3.8, 4) is 0 Å². The number of fused-ring (bicyclic) bond motifs is 4. The van der Waals surface area contributed by atoms with E-state index in [0.717, 1.165) is 25.7 Å². The Labute approximate surface area is 204 Å². The lowest BCUT2D eigenvalue weighted by atomic mass is 9.49. The highest BCUT2D eigenvalue weighted by molar-refractivity contribution is 5.87. The summed E-state index contributed by atoms with van der Waals surface area (Å²) >= 11 is 0. The predicted octanol–water partition coefficient (Wildman–Crippen LogP) is 5.47. The van der Waals surface area contributed by atoms with E-state index in [4.69, 9.17) is 18.9 Å². The SMILES string of the molecule is CC1CCC(C(C)C)C2(C1)OC(=O)C1C(C)(O2)C2C(=O)OC3(CC(C)CCC3C(C)C)OC12C. The molecule has 6 unspecified atom stereocenters. The van der Waals surface area contributed by atoms with Crippen LogP contribution in [0.1, 0.15) is 93.9 Å². The van der Waals surface area contributed by atoms with Crippen LogP contribution in [0.5, 0.6) is 0 Å². The van der Waals surface area contributed by atoms with E-state index in [1.54, 1.807) is 0 Å². The lowest BCUT2D eigenvalue weighted by molar-refractivity contribution is -0.461. The van der Waals surface area contributed by atoms with E-state index < -0.39 is 34.6 Å². The first-order chi connectivity index (χ1) is 15.8. The van der Waals surface area contributed by atoms with Crippen LogP contribution in [-0.2, 0) is 28.5 Å². The van der Waals surface area contributed by atoms with E-state index >= 15 is 0 Å². The van der Waals surface area contributed by atoms with Gasteiger partial charge < -0.3 is 18.9 Å². The number of carbonyl (C=O) groups is 2. The van der Waals surface area contributed by atoms with E-state index in [9.17, 15) is 9.59 Å². The lowest BCUT2D eigenvalue weighted by Gasteiger charge is -2.71. The fourth-order valence-corrected chi connectivity index (χ4v) is 8.79. The van der Waals surface area contributed by atoms with Gasteiger partial charge in [0, 0.05) is 24.7 Å². The molecule has 6 nitrogen and oxygen atoms in total. The molecule has 0 aromatic heterocycles. The maximum Gasteiger partial charge on any atom is 0.317 e. The fraction of sp³-hybridized carbons (Fsp3) is 0.929. The molecule has 5 fully saturated rings. The summed E-state index contributed by atoms with van der Waals surface area (Å²) in [5.41, 5.74) is -1.97. The summed E-state index contributed by atoms with van der Waals surface area (Å²) in [7, 11) is 0. The van der Waals surface area contributed by atoms with Crippen molar-refractivity contribution in [3.05, 3.63) is 0 Å². The van der Waals surface area contributed by atoms with Crippen LogP contribution < -0.4 is 0 Å². The standard InChI is InChI=1S/C28H44O6/c1-15(2)19-11-9-17(5)13-27(19)31-23(29)21-25(7,33-27)22-24(30)32-28(34-26(21,22)8)14-18(6)10-12-20(28)16(3)4/h15-22H,9-14H2,1-8H3. The van der Waals surface area contributed by atoms with Gasteiger partial charge in [-0.3, -0.25) is 9.59 Å². The molecular formula is C28H44O6. The van der Waals surface area contributed by atoms with Gasteiger partial charge in [0.2, 0.25) is 11.6 Å². The molecule has 34 heavy (non-hydrogen) atoms. The van der Waals surface area contributed by atoms with Gasteiger partial charge >= 0.3 is 11.9 Å². The third-order valence-corrected chi connectivity index (χ3v) is 10.0. The van der Waals surface area contributed by atoms with Crippen LogP contribution in [0, 0.1) is 47.3 Å². The average Bonchev–Trinajstić information content (AvgIpc) is 2.64. The first-order valence-electron chi connectivity index (χ1n) is 13.6. The minimum atomic E-state index is -0.986. The first-order valence-corrected chi connectivity index (χ1v) is 13.6. The molecule has 2 heterocycles. The smallest absolute Gasteiger partial charge is 0.317 e. The second-order valence-electron chi connectivity index (χ2n) is 13.4.